The average molecular weight is 324 g/mol. The summed E-state index contributed by atoms with van der Waals surface area (Å²) in [6.07, 6.45) is 0. The van der Waals surface area contributed by atoms with E-state index in [0.717, 1.165) is 42.6 Å². The zero-order valence-electron chi connectivity index (χ0n) is 10.9. The lowest BCUT2D eigenvalue weighted by Crippen LogP contribution is -2.43. The molecular weight excluding hydrogens is 306 g/mol. The second kappa shape index (κ2) is 5.75. The minimum Gasteiger partial charge on any atom is -0.369 e. The Morgan fingerprint density at radius 2 is 1.89 bits per heavy atom. The zero-order chi connectivity index (χ0) is 12.5. The van der Waals surface area contributed by atoms with Crippen molar-refractivity contribution in [2.45, 2.75) is 6.92 Å². The maximum atomic E-state index is 11.3. The van der Waals surface area contributed by atoms with Gasteiger partial charge >= 0.3 is 0 Å². The Kier molecular flexibility index (Phi) is 4.27. The van der Waals surface area contributed by atoms with Crippen LogP contribution < -0.4 is 15.8 Å². The third kappa shape index (κ3) is 2.82. The second-order valence-electron chi connectivity index (χ2n) is 4.79. The quantitative estimate of drug-likeness (QED) is 0.841. The van der Waals surface area contributed by atoms with E-state index >= 15 is 0 Å². The molecule has 19 heavy (non-hydrogen) atoms. The maximum absolute atomic E-state index is 11.3. The summed E-state index contributed by atoms with van der Waals surface area (Å²) in [5.74, 6) is 0. The number of fused-ring (bicyclic) bond motifs is 1. The van der Waals surface area contributed by atoms with Gasteiger partial charge in [0.05, 0.1) is 5.52 Å². The fraction of sp³-hybridized carbons (Fsp3) is 0.357. The van der Waals surface area contributed by atoms with E-state index in [2.05, 4.69) is 27.3 Å². The molecule has 0 radical (unpaired) electrons. The molecule has 0 spiro atoms. The van der Waals surface area contributed by atoms with Gasteiger partial charge < -0.3 is 15.2 Å². The summed E-state index contributed by atoms with van der Waals surface area (Å²) >= 11 is 0. The highest BCUT2D eigenvalue weighted by atomic mass is 79.9. The summed E-state index contributed by atoms with van der Waals surface area (Å²) in [6.45, 7) is 6.18. The molecule has 0 saturated carbocycles. The number of nitrogens with one attached hydrogen (secondary N) is 2. The molecule has 1 aromatic carbocycles. The summed E-state index contributed by atoms with van der Waals surface area (Å²) in [7, 11) is 0. The van der Waals surface area contributed by atoms with E-state index in [9.17, 15) is 4.79 Å². The smallest absolute Gasteiger partial charge is 0.248 e. The van der Waals surface area contributed by atoms with Crippen LogP contribution in [0.25, 0.3) is 10.9 Å². The molecule has 2 aromatic rings. The van der Waals surface area contributed by atoms with Gasteiger partial charge in [-0.15, -0.1) is 17.0 Å². The number of aromatic amines is 1. The Labute approximate surface area is 122 Å². The van der Waals surface area contributed by atoms with Crippen molar-refractivity contribution in [1.29, 1.82) is 0 Å². The van der Waals surface area contributed by atoms with Crippen LogP contribution in [0.4, 0.5) is 5.69 Å². The third-order valence-corrected chi connectivity index (χ3v) is 3.50. The molecule has 2 heterocycles. The molecule has 4 nitrogen and oxygen atoms in total. The van der Waals surface area contributed by atoms with Gasteiger partial charge in [-0.05, 0) is 30.7 Å². The molecule has 3 rings (SSSR count). The van der Waals surface area contributed by atoms with Gasteiger partial charge in [-0.3, -0.25) is 4.79 Å². The number of piperazine rings is 1. The molecule has 1 fully saturated rings. The van der Waals surface area contributed by atoms with Gasteiger partial charge in [-0.2, -0.15) is 0 Å². The summed E-state index contributed by atoms with van der Waals surface area (Å²) in [5.41, 5.74) is 3.27. The second-order valence-corrected chi connectivity index (χ2v) is 4.79. The van der Waals surface area contributed by atoms with E-state index in [0.29, 0.717) is 0 Å². The van der Waals surface area contributed by atoms with Gasteiger partial charge in [0.1, 0.15) is 0 Å². The van der Waals surface area contributed by atoms with Crippen LogP contribution in [0.2, 0.25) is 0 Å². The van der Waals surface area contributed by atoms with Crippen LogP contribution in [0.3, 0.4) is 0 Å². The molecule has 2 N–H and O–H groups in total. The Morgan fingerprint density at radius 3 is 2.63 bits per heavy atom. The Balaban J connectivity index is 0.00000133. The first-order valence-electron chi connectivity index (χ1n) is 6.33. The highest BCUT2D eigenvalue weighted by Gasteiger charge is 2.12. The van der Waals surface area contributed by atoms with E-state index in [1.807, 2.05) is 13.0 Å². The molecule has 0 unspecified atom stereocenters. The summed E-state index contributed by atoms with van der Waals surface area (Å²) in [5, 5.41) is 4.45. The Morgan fingerprint density at radius 1 is 1.16 bits per heavy atom. The summed E-state index contributed by atoms with van der Waals surface area (Å²) in [6, 6.07) is 7.80. The molecule has 1 saturated heterocycles. The normalized spacial score (nSPS) is 15.3. The summed E-state index contributed by atoms with van der Waals surface area (Å²) < 4.78 is 0. The number of aromatic nitrogens is 1. The average Bonchev–Trinajstić information content (AvgIpc) is 2.40. The molecule has 0 atom stereocenters. The predicted octanol–water partition coefficient (Wildman–Crippen LogP) is 1.82. The number of rotatable bonds is 1. The molecule has 0 amide bonds. The van der Waals surface area contributed by atoms with Crippen LogP contribution in [-0.4, -0.2) is 31.2 Å². The molecule has 0 bridgehead atoms. The molecular formula is C14H18BrN3O. The van der Waals surface area contributed by atoms with Crippen LogP contribution in [0.5, 0.6) is 0 Å². The topological polar surface area (TPSA) is 48.1 Å². The van der Waals surface area contributed by atoms with Crippen molar-refractivity contribution in [3.8, 4) is 0 Å². The van der Waals surface area contributed by atoms with Crippen molar-refractivity contribution in [1.82, 2.24) is 10.3 Å². The number of anilines is 1. The fourth-order valence-corrected chi connectivity index (χ4v) is 2.53. The highest BCUT2D eigenvalue weighted by Crippen LogP contribution is 2.24. The van der Waals surface area contributed by atoms with E-state index in [4.69, 9.17) is 0 Å². The molecule has 102 valence electrons. The van der Waals surface area contributed by atoms with E-state index in [-0.39, 0.29) is 22.5 Å². The van der Waals surface area contributed by atoms with Crippen LogP contribution >= 0.6 is 17.0 Å². The van der Waals surface area contributed by atoms with Crippen LogP contribution in [-0.2, 0) is 0 Å². The number of halogens is 1. The Bertz CT molecular complexity index is 632. The summed E-state index contributed by atoms with van der Waals surface area (Å²) in [4.78, 5) is 16.6. The standard InChI is InChI=1S/C14H17N3O.BrH/c1-10-8-12(17-6-4-15-5-7-17)9-11-2-3-13(18)16-14(10)11;/h2-3,8-9,15H,4-7H2,1H3,(H,16,18);1H. The van der Waals surface area contributed by atoms with Gasteiger partial charge in [0.25, 0.3) is 0 Å². The molecule has 1 aliphatic heterocycles. The van der Waals surface area contributed by atoms with Crippen molar-refractivity contribution >= 4 is 33.6 Å². The maximum Gasteiger partial charge on any atom is 0.248 e. The van der Waals surface area contributed by atoms with Crippen LogP contribution in [0.1, 0.15) is 5.56 Å². The number of benzene rings is 1. The number of nitrogens with zero attached hydrogens (tertiary/aromatic N) is 1. The monoisotopic (exact) mass is 323 g/mol. The predicted molar refractivity (Wildman–Crippen MR) is 84.7 cm³/mol. The number of aryl methyl sites for hydroxylation is 1. The molecule has 5 heteroatoms. The first-order valence-corrected chi connectivity index (χ1v) is 6.33. The number of H-pyrrole nitrogens is 1. The van der Waals surface area contributed by atoms with Crippen LogP contribution in [0, 0.1) is 6.92 Å². The number of pyridine rings is 1. The van der Waals surface area contributed by atoms with Crippen molar-refractivity contribution in [2.24, 2.45) is 0 Å². The molecule has 1 aliphatic rings. The first-order chi connectivity index (χ1) is 8.74. The minimum atomic E-state index is -0.0412. The van der Waals surface area contributed by atoms with Gasteiger partial charge in [0, 0.05) is 43.3 Å². The van der Waals surface area contributed by atoms with Crippen molar-refractivity contribution in [3.05, 3.63) is 40.2 Å². The van der Waals surface area contributed by atoms with Gasteiger partial charge in [-0.1, -0.05) is 0 Å². The van der Waals surface area contributed by atoms with Crippen LogP contribution in [0.15, 0.2) is 29.1 Å². The van der Waals surface area contributed by atoms with E-state index < -0.39 is 0 Å². The fourth-order valence-electron chi connectivity index (χ4n) is 2.53. The molecule has 1 aromatic heterocycles. The van der Waals surface area contributed by atoms with E-state index in [1.54, 1.807) is 6.07 Å². The van der Waals surface area contributed by atoms with E-state index in [1.165, 1.54) is 5.69 Å². The third-order valence-electron chi connectivity index (χ3n) is 3.50. The largest absolute Gasteiger partial charge is 0.369 e. The zero-order valence-corrected chi connectivity index (χ0v) is 12.6. The number of hydrogen-bond donors (Lipinski definition) is 2. The van der Waals surface area contributed by atoms with Gasteiger partial charge in [0.15, 0.2) is 0 Å². The SMILES string of the molecule is Br.Cc1cc(N2CCNCC2)cc2ccc(=O)[nH]c12. The first kappa shape index (κ1) is 14.1. The highest BCUT2D eigenvalue weighted by molar-refractivity contribution is 8.93. The number of hydrogen-bond acceptors (Lipinski definition) is 3. The van der Waals surface area contributed by atoms with Crippen molar-refractivity contribution in [3.63, 3.8) is 0 Å². The Hall–Kier alpha value is -1.33. The minimum absolute atomic E-state index is 0. The van der Waals surface area contributed by atoms with Crippen molar-refractivity contribution < 1.29 is 0 Å². The van der Waals surface area contributed by atoms with Gasteiger partial charge in [0.2, 0.25) is 5.56 Å². The lowest BCUT2D eigenvalue weighted by molar-refractivity contribution is 0.589. The lowest BCUT2D eigenvalue weighted by atomic mass is 10.1. The van der Waals surface area contributed by atoms with Crippen molar-refractivity contribution in [2.75, 3.05) is 31.1 Å². The molecule has 0 aliphatic carbocycles. The lowest BCUT2D eigenvalue weighted by Gasteiger charge is -2.30. The van der Waals surface area contributed by atoms with Gasteiger partial charge in [-0.25, -0.2) is 0 Å².